The highest BCUT2D eigenvalue weighted by Gasteiger charge is 2.31. The average molecular weight is 377 g/mol. The number of rotatable bonds is 1. The number of aromatic nitrogens is 1. The van der Waals surface area contributed by atoms with Gasteiger partial charge in [-0.25, -0.2) is 0 Å². The van der Waals surface area contributed by atoms with Gasteiger partial charge in [0, 0.05) is 47.7 Å². The van der Waals surface area contributed by atoms with Crippen LogP contribution in [-0.4, -0.2) is 11.1 Å². The van der Waals surface area contributed by atoms with E-state index in [1.807, 2.05) is 0 Å². The normalized spacial score (nSPS) is 16.3. The lowest BCUT2D eigenvalue weighted by atomic mass is 9.96. The summed E-state index contributed by atoms with van der Waals surface area (Å²) in [6.07, 6.45) is -2.42. The molecule has 0 unspecified atom stereocenters. The number of benzene rings is 2. The number of halogens is 4. The Morgan fingerprint density at radius 1 is 1.08 bits per heavy atom. The van der Waals surface area contributed by atoms with E-state index in [0.29, 0.717) is 5.56 Å². The topological polar surface area (TPSA) is 17.0 Å². The zero-order valence-electron chi connectivity index (χ0n) is 13.9. The van der Waals surface area contributed by atoms with Gasteiger partial charge in [-0.15, -0.1) is 0 Å². The van der Waals surface area contributed by atoms with Crippen molar-refractivity contribution in [2.45, 2.75) is 32.1 Å². The van der Waals surface area contributed by atoms with Crippen molar-refractivity contribution in [2.75, 3.05) is 6.54 Å². The third-order valence-corrected chi connectivity index (χ3v) is 5.82. The van der Waals surface area contributed by atoms with Gasteiger partial charge in [0.05, 0.1) is 11.1 Å². The van der Waals surface area contributed by atoms with Crippen molar-refractivity contribution in [2.24, 2.45) is 0 Å². The number of nitrogens with one attached hydrogen (secondary N) is 1. The maximum atomic E-state index is 12.9. The van der Waals surface area contributed by atoms with Gasteiger partial charge in [-0.3, -0.25) is 0 Å². The van der Waals surface area contributed by atoms with Gasteiger partial charge in [0.25, 0.3) is 0 Å². The molecule has 3 aromatic rings. The summed E-state index contributed by atoms with van der Waals surface area (Å²) >= 11 is 6.23. The molecule has 2 aliphatic heterocycles. The van der Waals surface area contributed by atoms with Gasteiger partial charge in [0.2, 0.25) is 0 Å². The Morgan fingerprint density at radius 2 is 1.92 bits per heavy atom. The van der Waals surface area contributed by atoms with Crippen LogP contribution in [-0.2, 0) is 32.1 Å². The van der Waals surface area contributed by atoms with Gasteiger partial charge < -0.3 is 9.88 Å². The molecule has 0 aliphatic carbocycles. The van der Waals surface area contributed by atoms with Crippen LogP contribution in [0.2, 0.25) is 5.02 Å². The van der Waals surface area contributed by atoms with Crippen molar-refractivity contribution in [3.63, 3.8) is 0 Å². The Morgan fingerprint density at radius 3 is 2.69 bits per heavy atom. The van der Waals surface area contributed by atoms with Crippen LogP contribution in [0, 0.1) is 0 Å². The third-order valence-electron chi connectivity index (χ3n) is 5.51. The molecule has 0 atom stereocenters. The van der Waals surface area contributed by atoms with Crippen LogP contribution in [0.4, 0.5) is 13.2 Å². The summed E-state index contributed by atoms with van der Waals surface area (Å²) < 4.78 is 41.2. The second-order valence-corrected chi connectivity index (χ2v) is 7.38. The number of alkyl halides is 3. The van der Waals surface area contributed by atoms with Crippen LogP contribution < -0.4 is 5.32 Å². The van der Waals surface area contributed by atoms with Crippen LogP contribution in [0.1, 0.15) is 22.4 Å². The van der Waals surface area contributed by atoms with Crippen molar-refractivity contribution in [1.82, 2.24) is 9.88 Å². The van der Waals surface area contributed by atoms with E-state index in [9.17, 15) is 13.2 Å². The van der Waals surface area contributed by atoms with E-state index in [4.69, 9.17) is 11.6 Å². The van der Waals surface area contributed by atoms with Crippen molar-refractivity contribution < 1.29 is 13.2 Å². The van der Waals surface area contributed by atoms with Crippen molar-refractivity contribution in [3.05, 3.63) is 57.7 Å². The summed E-state index contributed by atoms with van der Waals surface area (Å²) in [6.45, 7) is 2.80. The van der Waals surface area contributed by atoms with E-state index >= 15 is 0 Å². The molecule has 2 aliphatic rings. The zero-order chi connectivity index (χ0) is 18.1. The molecule has 0 radical (unpaired) electrons. The average Bonchev–Trinajstić information content (AvgIpc) is 3.17. The van der Waals surface area contributed by atoms with E-state index in [2.05, 4.69) is 22.0 Å². The molecule has 0 saturated carbocycles. The highest BCUT2D eigenvalue weighted by Crippen LogP contribution is 2.41. The lowest BCUT2D eigenvalue weighted by molar-refractivity contribution is -0.137. The maximum Gasteiger partial charge on any atom is 0.416 e. The molecule has 26 heavy (non-hydrogen) atoms. The fourth-order valence-corrected chi connectivity index (χ4v) is 4.64. The Labute approximate surface area is 153 Å². The van der Waals surface area contributed by atoms with Gasteiger partial charge in [0.1, 0.15) is 0 Å². The SMILES string of the molecule is FC(F)(F)c1ccc(-c2cc3c4c(c2)c2c(n4CC3)CCNC2)c(Cl)c1. The fraction of sp³-hybridized carbons (Fsp3) is 0.300. The summed E-state index contributed by atoms with van der Waals surface area (Å²) in [6, 6.07) is 7.77. The molecule has 6 heteroatoms. The molecule has 0 bridgehead atoms. The minimum absolute atomic E-state index is 0.135. The Kier molecular flexibility index (Phi) is 3.43. The van der Waals surface area contributed by atoms with E-state index in [1.165, 1.54) is 33.8 Å². The Bertz CT molecular complexity index is 1050. The first-order chi connectivity index (χ1) is 12.4. The minimum Gasteiger partial charge on any atom is -0.344 e. The first-order valence-electron chi connectivity index (χ1n) is 8.68. The zero-order valence-corrected chi connectivity index (χ0v) is 14.6. The number of hydrogen-bond acceptors (Lipinski definition) is 1. The predicted molar refractivity (Wildman–Crippen MR) is 96.5 cm³/mol. The van der Waals surface area contributed by atoms with E-state index < -0.39 is 11.7 Å². The van der Waals surface area contributed by atoms with Gasteiger partial charge in [-0.1, -0.05) is 17.7 Å². The summed E-state index contributed by atoms with van der Waals surface area (Å²) in [4.78, 5) is 0. The molecule has 5 rings (SSSR count). The van der Waals surface area contributed by atoms with Crippen LogP contribution in [0.5, 0.6) is 0 Å². The monoisotopic (exact) mass is 376 g/mol. The maximum absolute atomic E-state index is 12.9. The van der Waals surface area contributed by atoms with Crippen molar-refractivity contribution in [1.29, 1.82) is 0 Å². The largest absolute Gasteiger partial charge is 0.416 e. The number of fused-ring (bicyclic) bond motifs is 3. The Balaban J connectivity index is 1.70. The molecule has 0 fully saturated rings. The molecule has 0 spiro atoms. The lowest BCUT2D eigenvalue weighted by Gasteiger charge is -2.16. The van der Waals surface area contributed by atoms with Crippen LogP contribution in [0.3, 0.4) is 0 Å². The molecule has 134 valence electrons. The summed E-state index contributed by atoms with van der Waals surface area (Å²) in [5, 5.41) is 4.76. The lowest BCUT2D eigenvalue weighted by Crippen LogP contribution is -2.24. The van der Waals surface area contributed by atoms with Crippen molar-refractivity contribution in [3.8, 4) is 11.1 Å². The second kappa shape index (κ2) is 5.51. The van der Waals surface area contributed by atoms with Gasteiger partial charge >= 0.3 is 6.18 Å². The molecule has 0 saturated heterocycles. The highest BCUT2D eigenvalue weighted by molar-refractivity contribution is 6.33. The summed E-state index contributed by atoms with van der Waals surface area (Å²) in [7, 11) is 0. The van der Waals surface area contributed by atoms with Gasteiger partial charge in [-0.2, -0.15) is 13.2 Å². The van der Waals surface area contributed by atoms with Crippen molar-refractivity contribution >= 4 is 22.5 Å². The molecule has 2 aromatic carbocycles. The minimum atomic E-state index is -4.39. The number of aryl methyl sites for hydroxylation is 2. The summed E-state index contributed by atoms with van der Waals surface area (Å²) in [5.41, 5.74) is 6.07. The van der Waals surface area contributed by atoms with Crippen LogP contribution >= 0.6 is 11.6 Å². The predicted octanol–water partition coefficient (Wildman–Crippen LogP) is 5.18. The molecule has 2 nitrogen and oxygen atoms in total. The fourth-order valence-electron chi connectivity index (χ4n) is 4.35. The quantitative estimate of drug-likeness (QED) is 0.619. The van der Waals surface area contributed by atoms with Crippen LogP contribution in [0.25, 0.3) is 22.0 Å². The first kappa shape index (κ1) is 16.2. The molecule has 1 aromatic heterocycles. The molecule has 3 heterocycles. The molecular weight excluding hydrogens is 361 g/mol. The first-order valence-corrected chi connectivity index (χ1v) is 9.06. The smallest absolute Gasteiger partial charge is 0.344 e. The number of hydrogen-bond donors (Lipinski definition) is 1. The number of nitrogens with zero attached hydrogens (tertiary/aromatic N) is 1. The van der Waals surface area contributed by atoms with Crippen LogP contribution in [0.15, 0.2) is 30.3 Å². The molecule has 0 amide bonds. The molecular formula is C20H16ClF3N2. The standard InChI is InChI=1S/C20H16ClF3N2/c21-17-9-13(20(22,23)24)1-2-14(17)12-7-11-4-6-26-18-3-5-25-10-16(18)15(8-12)19(11)26/h1-2,7-9,25H,3-6,10H2. The van der Waals surface area contributed by atoms with E-state index in [1.54, 1.807) is 0 Å². The van der Waals surface area contributed by atoms with E-state index in [0.717, 1.165) is 50.2 Å². The Hall–Kier alpha value is -1.98. The summed E-state index contributed by atoms with van der Waals surface area (Å²) in [5.74, 6) is 0. The third kappa shape index (κ3) is 2.30. The van der Waals surface area contributed by atoms with Gasteiger partial charge in [-0.05, 0) is 47.4 Å². The highest BCUT2D eigenvalue weighted by atomic mass is 35.5. The van der Waals surface area contributed by atoms with Gasteiger partial charge in [0.15, 0.2) is 0 Å². The second-order valence-electron chi connectivity index (χ2n) is 6.98. The molecule has 1 N–H and O–H groups in total. The van der Waals surface area contributed by atoms with E-state index in [-0.39, 0.29) is 5.02 Å².